The lowest BCUT2D eigenvalue weighted by Gasteiger charge is -2.22. The number of allylic oxidation sites excluding steroid dienone is 2. The fraction of sp³-hybridized carbons (Fsp3) is 0.300. The zero-order chi connectivity index (χ0) is 16.7. The summed E-state index contributed by atoms with van der Waals surface area (Å²) in [6.07, 6.45) is 8.95. The lowest BCUT2D eigenvalue weighted by molar-refractivity contribution is 0.104. The van der Waals surface area contributed by atoms with Crippen molar-refractivity contribution < 1.29 is 9.90 Å². The van der Waals surface area contributed by atoms with E-state index >= 15 is 0 Å². The summed E-state index contributed by atoms with van der Waals surface area (Å²) < 4.78 is 0. The van der Waals surface area contributed by atoms with E-state index < -0.39 is 0 Å². The highest BCUT2D eigenvalue weighted by molar-refractivity contribution is 6.42. The number of aliphatic imine (C=N–C) groups is 1. The van der Waals surface area contributed by atoms with Crippen LogP contribution in [0.3, 0.4) is 0 Å². The number of aromatic hydroxyl groups is 1. The zero-order valence-corrected chi connectivity index (χ0v) is 14.0. The van der Waals surface area contributed by atoms with E-state index in [1.165, 1.54) is 25.3 Å². The monoisotopic (exact) mass is 339 g/mol. The quantitative estimate of drug-likeness (QED) is 0.788. The Kier molecular flexibility index (Phi) is 3.89. The number of ketones is 1. The predicted octanol–water partition coefficient (Wildman–Crippen LogP) is 5.07. The van der Waals surface area contributed by atoms with Crippen LogP contribution in [0.5, 0.6) is 5.75 Å². The minimum atomic E-state index is -0.182. The number of phenolic OH excluding ortho intramolecular Hbond substituents is 1. The van der Waals surface area contributed by atoms with Crippen LogP contribution in [-0.4, -0.2) is 22.6 Å². The molecule has 0 heterocycles. The number of benzene rings is 2. The molecule has 1 fully saturated rings. The molecule has 0 aromatic heterocycles. The number of carbonyl (C=O) groups is 1. The van der Waals surface area contributed by atoms with Gasteiger partial charge in [0.1, 0.15) is 5.75 Å². The Hall–Kier alpha value is -2.13. The van der Waals surface area contributed by atoms with Crippen molar-refractivity contribution in [2.75, 3.05) is 0 Å². The third-order valence-electron chi connectivity index (χ3n) is 4.92. The third kappa shape index (κ3) is 2.44. The standard InChI is InChI=1S/C20H18ClNO2/c21-19-13-8-4-5-9-14(13)20(24)17-15(10-11-16(23)18(17)19)22-12-6-2-1-3-7-12/h4-5,8-12,24H,1-3,6-7H2. The molecule has 4 rings (SSSR count). The molecular formula is C20H18ClNO2. The third-order valence-corrected chi connectivity index (χ3v) is 5.31. The van der Waals surface area contributed by atoms with Gasteiger partial charge in [-0.2, -0.15) is 0 Å². The van der Waals surface area contributed by atoms with Crippen molar-refractivity contribution in [3.05, 3.63) is 52.6 Å². The highest BCUT2D eigenvalue weighted by Crippen LogP contribution is 2.40. The van der Waals surface area contributed by atoms with Crippen LogP contribution in [0.1, 0.15) is 48.0 Å². The fourth-order valence-corrected chi connectivity index (χ4v) is 4.05. The number of halogens is 1. The highest BCUT2D eigenvalue weighted by Gasteiger charge is 2.28. The zero-order valence-electron chi connectivity index (χ0n) is 13.3. The van der Waals surface area contributed by atoms with E-state index in [1.807, 2.05) is 24.3 Å². The van der Waals surface area contributed by atoms with Gasteiger partial charge in [0.15, 0.2) is 5.78 Å². The summed E-state index contributed by atoms with van der Waals surface area (Å²) in [7, 11) is 0. The maximum Gasteiger partial charge on any atom is 0.188 e. The summed E-state index contributed by atoms with van der Waals surface area (Å²) in [4.78, 5) is 17.2. The van der Waals surface area contributed by atoms with Gasteiger partial charge in [-0.25, -0.2) is 0 Å². The van der Waals surface area contributed by atoms with Crippen LogP contribution in [0.2, 0.25) is 5.02 Å². The molecule has 122 valence electrons. The van der Waals surface area contributed by atoms with Gasteiger partial charge in [0.05, 0.1) is 27.9 Å². The first-order valence-electron chi connectivity index (χ1n) is 8.40. The first kappa shape index (κ1) is 15.4. The Bertz CT molecular complexity index is 892. The fourth-order valence-electron chi connectivity index (χ4n) is 3.69. The summed E-state index contributed by atoms with van der Waals surface area (Å²) in [5.74, 6) is -0.0871. The van der Waals surface area contributed by atoms with Gasteiger partial charge in [-0.05, 0) is 25.0 Å². The van der Waals surface area contributed by atoms with Crippen LogP contribution in [0.25, 0.3) is 10.8 Å². The number of phenols is 1. The Labute approximate surface area is 145 Å². The van der Waals surface area contributed by atoms with Gasteiger partial charge in [-0.15, -0.1) is 0 Å². The second-order valence-electron chi connectivity index (χ2n) is 6.46. The molecule has 0 atom stereocenters. The van der Waals surface area contributed by atoms with Crippen molar-refractivity contribution in [3.8, 4) is 5.75 Å². The molecule has 0 unspecified atom stereocenters. The molecule has 1 N–H and O–H groups in total. The van der Waals surface area contributed by atoms with E-state index in [4.69, 9.17) is 16.6 Å². The maximum absolute atomic E-state index is 12.4. The van der Waals surface area contributed by atoms with Crippen LogP contribution in [0.4, 0.5) is 0 Å². The van der Waals surface area contributed by atoms with Crippen molar-refractivity contribution in [1.29, 1.82) is 0 Å². The van der Waals surface area contributed by atoms with E-state index in [9.17, 15) is 9.90 Å². The molecule has 2 aromatic carbocycles. The molecule has 0 saturated heterocycles. The van der Waals surface area contributed by atoms with Gasteiger partial charge in [-0.3, -0.25) is 9.79 Å². The number of rotatable bonds is 1. The molecule has 4 heteroatoms. The second kappa shape index (κ2) is 6.06. The molecule has 2 aromatic rings. The smallest absolute Gasteiger partial charge is 0.188 e. The number of fused-ring (bicyclic) bond motifs is 2. The molecule has 0 radical (unpaired) electrons. The van der Waals surface area contributed by atoms with Crippen LogP contribution < -0.4 is 0 Å². The summed E-state index contributed by atoms with van der Waals surface area (Å²) in [5, 5.41) is 12.5. The van der Waals surface area contributed by atoms with E-state index in [1.54, 1.807) is 6.08 Å². The second-order valence-corrected chi connectivity index (χ2v) is 6.84. The summed E-state index contributed by atoms with van der Waals surface area (Å²) in [5.41, 5.74) is 1.52. The lowest BCUT2D eigenvalue weighted by Crippen LogP contribution is -2.18. The van der Waals surface area contributed by atoms with Gasteiger partial charge in [0.2, 0.25) is 0 Å². The molecule has 3 nitrogen and oxygen atoms in total. The average Bonchev–Trinajstić information content (AvgIpc) is 2.62. The normalized spacial score (nSPS) is 19.9. The van der Waals surface area contributed by atoms with E-state index in [0.717, 1.165) is 12.8 Å². The molecule has 0 bridgehead atoms. The molecule has 24 heavy (non-hydrogen) atoms. The van der Waals surface area contributed by atoms with E-state index in [2.05, 4.69) is 0 Å². The first-order valence-corrected chi connectivity index (χ1v) is 8.78. The number of carbonyl (C=O) groups excluding carboxylic acids is 1. The maximum atomic E-state index is 12.4. The lowest BCUT2D eigenvalue weighted by atomic mass is 9.89. The number of nitrogens with zero attached hydrogens (tertiary/aromatic N) is 1. The molecule has 0 spiro atoms. The largest absolute Gasteiger partial charge is 0.507 e. The van der Waals surface area contributed by atoms with Crippen molar-refractivity contribution in [2.24, 2.45) is 4.99 Å². The van der Waals surface area contributed by atoms with Crippen molar-refractivity contribution in [2.45, 2.75) is 38.1 Å². The van der Waals surface area contributed by atoms with E-state index in [-0.39, 0.29) is 17.6 Å². The number of hydrogen-bond donors (Lipinski definition) is 1. The van der Waals surface area contributed by atoms with Crippen LogP contribution >= 0.6 is 11.6 Å². The van der Waals surface area contributed by atoms with Gasteiger partial charge in [-0.1, -0.05) is 55.1 Å². The van der Waals surface area contributed by atoms with Crippen molar-refractivity contribution >= 4 is 33.9 Å². The van der Waals surface area contributed by atoms with Crippen LogP contribution in [0.15, 0.2) is 41.4 Å². The predicted molar refractivity (Wildman–Crippen MR) is 97.5 cm³/mol. The minimum absolute atomic E-state index is 0.0947. The van der Waals surface area contributed by atoms with Gasteiger partial charge in [0.25, 0.3) is 0 Å². The first-order chi connectivity index (χ1) is 11.7. The van der Waals surface area contributed by atoms with Crippen molar-refractivity contribution in [1.82, 2.24) is 0 Å². The molecule has 1 saturated carbocycles. The summed E-state index contributed by atoms with van der Waals surface area (Å²) in [6.45, 7) is 0. The Morgan fingerprint density at radius 1 is 1.00 bits per heavy atom. The molecule has 0 amide bonds. The Morgan fingerprint density at radius 2 is 1.71 bits per heavy atom. The Morgan fingerprint density at radius 3 is 2.46 bits per heavy atom. The van der Waals surface area contributed by atoms with Crippen LogP contribution in [-0.2, 0) is 0 Å². The van der Waals surface area contributed by atoms with Gasteiger partial charge >= 0.3 is 0 Å². The summed E-state index contributed by atoms with van der Waals surface area (Å²) >= 11 is 6.51. The average molecular weight is 340 g/mol. The van der Waals surface area contributed by atoms with Gasteiger partial charge < -0.3 is 5.11 Å². The molecule has 0 aliphatic heterocycles. The van der Waals surface area contributed by atoms with Crippen LogP contribution in [0, 0.1) is 0 Å². The molecule has 2 aliphatic rings. The SMILES string of the molecule is O=C1C=CC(=NC2CCCCC2)c2c1c(Cl)c1ccccc1c2O. The van der Waals surface area contributed by atoms with E-state index in [0.29, 0.717) is 32.6 Å². The Balaban J connectivity index is 1.95. The topological polar surface area (TPSA) is 49.7 Å². The molecule has 2 aliphatic carbocycles. The van der Waals surface area contributed by atoms with Gasteiger partial charge in [0, 0.05) is 10.8 Å². The minimum Gasteiger partial charge on any atom is -0.507 e. The molecular weight excluding hydrogens is 322 g/mol. The number of hydrogen-bond acceptors (Lipinski definition) is 3. The summed E-state index contributed by atoms with van der Waals surface area (Å²) in [6, 6.07) is 7.59. The van der Waals surface area contributed by atoms with Crippen molar-refractivity contribution in [3.63, 3.8) is 0 Å². The highest BCUT2D eigenvalue weighted by atomic mass is 35.5.